The second-order valence-corrected chi connectivity index (χ2v) is 16.0. The Morgan fingerprint density at radius 1 is 0.357 bits per heavy atom. The van der Waals surface area contributed by atoms with Gasteiger partial charge < -0.3 is 4.90 Å². The zero-order valence-electron chi connectivity index (χ0n) is 32.2. The van der Waals surface area contributed by atoms with E-state index >= 15 is 0 Å². The molecule has 1 nitrogen and oxygen atoms in total. The summed E-state index contributed by atoms with van der Waals surface area (Å²) >= 11 is 0. The molecule has 0 spiro atoms. The van der Waals surface area contributed by atoms with Crippen molar-refractivity contribution in [2.75, 3.05) is 4.90 Å². The number of hydrogen-bond donors (Lipinski definition) is 0. The van der Waals surface area contributed by atoms with Gasteiger partial charge in [0.15, 0.2) is 0 Å². The van der Waals surface area contributed by atoms with Gasteiger partial charge in [-0.3, -0.25) is 0 Å². The average Bonchev–Trinajstić information content (AvgIpc) is 3.50. The van der Waals surface area contributed by atoms with E-state index in [1.165, 1.54) is 104 Å². The summed E-state index contributed by atoms with van der Waals surface area (Å²) in [6, 6.07) is 69.7. The highest BCUT2D eigenvalue weighted by Crippen LogP contribution is 2.53. The van der Waals surface area contributed by atoms with Crippen molar-refractivity contribution in [3.8, 4) is 55.6 Å². The van der Waals surface area contributed by atoms with Gasteiger partial charge in [-0.1, -0.05) is 166 Å². The van der Waals surface area contributed by atoms with Gasteiger partial charge in [0, 0.05) is 22.5 Å². The molecule has 0 bridgehead atoms. The lowest BCUT2D eigenvalue weighted by atomic mass is 9.81. The minimum absolute atomic E-state index is 0.150. The van der Waals surface area contributed by atoms with Crippen LogP contribution in [0.1, 0.15) is 48.9 Å². The third-order valence-corrected chi connectivity index (χ3v) is 12.3. The van der Waals surface area contributed by atoms with Crippen LogP contribution in [0.5, 0.6) is 0 Å². The van der Waals surface area contributed by atoms with Crippen molar-refractivity contribution >= 4 is 17.1 Å². The van der Waals surface area contributed by atoms with Crippen molar-refractivity contribution in [1.29, 1.82) is 0 Å². The van der Waals surface area contributed by atoms with Gasteiger partial charge in [0.05, 0.1) is 0 Å². The maximum atomic E-state index is 2.44. The summed E-state index contributed by atoms with van der Waals surface area (Å²) < 4.78 is 0. The van der Waals surface area contributed by atoms with Crippen LogP contribution in [0.2, 0.25) is 0 Å². The quantitative estimate of drug-likeness (QED) is 0.159. The fourth-order valence-corrected chi connectivity index (χ4v) is 9.22. The SMILES string of the molecule is CC1(C)c2cc(N(c3ccc(-c4ccc(-c5ccccc5)cc4)cc3)c3ccc(-c4ccc5c(c4)CCCC5)cc3)ccc2-c2c(-c3ccccc3)cccc21. The lowest BCUT2D eigenvalue weighted by Gasteiger charge is -2.28. The van der Waals surface area contributed by atoms with Crippen LogP contribution in [-0.4, -0.2) is 0 Å². The zero-order chi connectivity index (χ0) is 37.6. The summed E-state index contributed by atoms with van der Waals surface area (Å²) in [4.78, 5) is 2.43. The van der Waals surface area contributed by atoms with Crippen LogP contribution in [0.4, 0.5) is 17.1 Å². The minimum Gasteiger partial charge on any atom is -0.310 e. The van der Waals surface area contributed by atoms with Crippen LogP contribution >= 0.6 is 0 Å². The molecule has 0 fully saturated rings. The molecule has 0 heterocycles. The molecule has 8 aromatic carbocycles. The number of nitrogens with zero attached hydrogens (tertiary/aromatic N) is 1. The van der Waals surface area contributed by atoms with Crippen LogP contribution in [-0.2, 0) is 18.3 Å². The Balaban J connectivity index is 1.05. The molecule has 0 amide bonds. The first-order chi connectivity index (χ1) is 27.5. The smallest absolute Gasteiger partial charge is 0.0465 e. The highest BCUT2D eigenvalue weighted by molar-refractivity contribution is 5.94. The van der Waals surface area contributed by atoms with Gasteiger partial charge in [0.25, 0.3) is 0 Å². The number of hydrogen-bond acceptors (Lipinski definition) is 1. The molecule has 0 saturated carbocycles. The summed E-state index contributed by atoms with van der Waals surface area (Å²) in [5.74, 6) is 0. The number of aryl methyl sites for hydroxylation is 2. The van der Waals surface area contributed by atoms with E-state index in [2.05, 4.69) is 207 Å². The van der Waals surface area contributed by atoms with E-state index in [4.69, 9.17) is 0 Å². The second-order valence-electron chi connectivity index (χ2n) is 16.0. The lowest BCUT2D eigenvalue weighted by molar-refractivity contribution is 0.660. The van der Waals surface area contributed by atoms with E-state index < -0.39 is 0 Å². The predicted octanol–water partition coefficient (Wildman–Crippen LogP) is 15.0. The van der Waals surface area contributed by atoms with Crippen molar-refractivity contribution < 1.29 is 0 Å². The summed E-state index contributed by atoms with van der Waals surface area (Å²) in [5.41, 5.74) is 21.8. The Kier molecular flexibility index (Phi) is 8.52. The summed E-state index contributed by atoms with van der Waals surface area (Å²) in [7, 11) is 0. The van der Waals surface area contributed by atoms with Gasteiger partial charge in [-0.05, 0) is 140 Å². The first kappa shape index (κ1) is 34.1. The van der Waals surface area contributed by atoms with Crippen LogP contribution in [0.15, 0.2) is 188 Å². The molecule has 0 aromatic heterocycles. The number of benzene rings is 8. The molecule has 2 aliphatic carbocycles. The van der Waals surface area contributed by atoms with Crippen molar-refractivity contribution in [1.82, 2.24) is 0 Å². The van der Waals surface area contributed by atoms with Gasteiger partial charge in [0.2, 0.25) is 0 Å². The van der Waals surface area contributed by atoms with Crippen LogP contribution in [0.3, 0.4) is 0 Å². The van der Waals surface area contributed by atoms with E-state index in [0.29, 0.717) is 0 Å². The van der Waals surface area contributed by atoms with Gasteiger partial charge in [-0.15, -0.1) is 0 Å². The average molecular weight is 720 g/mol. The van der Waals surface area contributed by atoms with Gasteiger partial charge >= 0.3 is 0 Å². The molecule has 0 atom stereocenters. The fourth-order valence-electron chi connectivity index (χ4n) is 9.22. The summed E-state index contributed by atoms with van der Waals surface area (Å²) in [6.07, 6.45) is 4.99. The van der Waals surface area contributed by atoms with E-state index in [0.717, 1.165) is 17.1 Å². The molecule has 8 aromatic rings. The topological polar surface area (TPSA) is 3.24 Å². The van der Waals surface area contributed by atoms with Crippen LogP contribution < -0.4 is 4.90 Å². The molecule has 0 radical (unpaired) electrons. The molecular weight excluding hydrogens is 675 g/mol. The monoisotopic (exact) mass is 719 g/mol. The van der Waals surface area contributed by atoms with Gasteiger partial charge in [-0.25, -0.2) is 0 Å². The normalized spacial score (nSPS) is 13.8. The molecule has 1 heteroatoms. The minimum atomic E-state index is -0.150. The molecule has 0 saturated heterocycles. The molecule has 56 heavy (non-hydrogen) atoms. The fraction of sp³-hybridized carbons (Fsp3) is 0.127. The van der Waals surface area contributed by atoms with Crippen LogP contribution in [0.25, 0.3) is 55.6 Å². The molecule has 0 unspecified atom stereocenters. The maximum Gasteiger partial charge on any atom is 0.0465 e. The molecule has 270 valence electrons. The second kappa shape index (κ2) is 14.0. The van der Waals surface area contributed by atoms with E-state index in [-0.39, 0.29) is 5.41 Å². The third-order valence-electron chi connectivity index (χ3n) is 12.3. The van der Waals surface area contributed by atoms with Gasteiger partial charge in [-0.2, -0.15) is 0 Å². The van der Waals surface area contributed by atoms with Crippen LogP contribution in [0, 0.1) is 0 Å². The number of fused-ring (bicyclic) bond motifs is 4. The third kappa shape index (κ3) is 6.05. The highest BCUT2D eigenvalue weighted by Gasteiger charge is 2.37. The van der Waals surface area contributed by atoms with Crippen molar-refractivity contribution in [2.24, 2.45) is 0 Å². The Morgan fingerprint density at radius 2 is 0.857 bits per heavy atom. The van der Waals surface area contributed by atoms with Crippen molar-refractivity contribution in [3.63, 3.8) is 0 Å². The van der Waals surface area contributed by atoms with Crippen molar-refractivity contribution in [3.05, 3.63) is 210 Å². The molecular formula is C55H45N. The maximum absolute atomic E-state index is 2.44. The largest absolute Gasteiger partial charge is 0.310 e. The number of anilines is 3. The number of rotatable bonds is 7. The molecule has 0 N–H and O–H groups in total. The Morgan fingerprint density at radius 3 is 1.48 bits per heavy atom. The first-order valence-corrected chi connectivity index (χ1v) is 20.1. The van der Waals surface area contributed by atoms with Crippen molar-refractivity contribution in [2.45, 2.75) is 44.9 Å². The summed E-state index contributed by atoms with van der Waals surface area (Å²) in [5, 5.41) is 0. The Hall–Kier alpha value is -6.44. The first-order valence-electron chi connectivity index (χ1n) is 20.1. The molecule has 2 aliphatic rings. The van der Waals surface area contributed by atoms with Gasteiger partial charge in [0.1, 0.15) is 0 Å². The molecule has 10 rings (SSSR count). The highest BCUT2D eigenvalue weighted by atomic mass is 15.1. The Labute approximate surface area is 331 Å². The standard InChI is InChI=1S/C55H45N/c1-55(2)52-19-11-18-50(44-15-7-4-8-16-44)54(52)51-35-34-49(37-53(51)55)56(48-32-28-43(29-33-48)46-25-24-39-14-9-10-17-45(39)36-46)47-30-26-42(27-31-47)41-22-20-40(21-23-41)38-12-5-3-6-13-38/h3-8,11-13,15-16,18-37H,9-10,14,17H2,1-2H3. The molecule has 0 aliphatic heterocycles. The zero-order valence-corrected chi connectivity index (χ0v) is 32.2. The van der Waals surface area contributed by atoms with E-state index in [9.17, 15) is 0 Å². The summed E-state index contributed by atoms with van der Waals surface area (Å²) in [6.45, 7) is 4.76. The van der Waals surface area contributed by atoms with E-state index in [1.54, 1.807) is 0 Å². The lowest BCUT2D eigenvalue weighted by Crippen LogP contribution is -2.16. The Bertz CT molecular complexity index is 2670. The van der Waals surface area contributed by atoms with E-state index in [1.807, 2.05) is 0 Å². The predicted molar refractivity (Wildman–Crippen MR) is 237 cm³/mol.